The summed E-state index contributed by atoms with van der Waals surface area (Å²) in [6.45, 7) is 11.2. The molecule has 0 rings (SSSR count). The van der Waals surface area contributed by atoms with Gasteiger partial charge in [-0.1, -0.05) is 20.8 Å². The molecule has 1 atom stereocenters. The fraction of sp³-hybridized carbons (Fsp3) is 0.941. The third kappa shape index (κ3) is 11.3. The Bertz CT molecular complexity index is 325. The Kier molecular flexibility index (Phi) is 9.60. The topological polar surface area (TPSA) is 26.3 Å². The van der Waals surface area contributed by atoms with E-state index in [-0.39, 0.29) is 24.1 Å². The van der Waals surface area contributed by atoms with Gasteiger partial charge in [0.1, 0.15) is 10.9 Å². The van der Waals surface area contributed by atoms with E-state index < -0.39 is 11.5 Å². The molecule has 0 aliphatic heterocycles. The van der Waals surface area contributed by atoms with Crippen LogP contribution >= 0.6 is 11.8 Å². The van der Waals surface area contributed by atoms with Crippen molar-refractivity contribution in [3.63, 3.8) is 0 Å². The number of carbonyl (C=O) groups excluding carboxylic acids is 1. The van der Waals surface area contributed by atoms with Gasteiger partial charge in [0.05, 0.1) is 0 Å². The second-order valence-corrected chi connectivity index (χ2v) is 8.50. The molecule has 0 N–H and O–H groups in total. The van der Waals surface area contributed by atoms with Crippen molar-refractivity contribution < 1.29 is 18.3 Å². The number of thioether (sulfide) groups is 1. The number of ether oxygens (including phenoxy) is 1. The zero-order chi connectivity index (χ0) is 17.4. The molecule has 0 amide bonds. The molecule has 0 aliphatic carbocycles. The van der Waals surface area contributed by atoms with E-state index in [4.69, 9.17) is 4.74 Å². The third-order valence-corrected chi connectivity index (χ3v) is 4.44. The molecule has 1 unspecified atom stereocenters. The highest BCUT2D eigenvalue weighted by atomic mass is 32.2. The summed E-state index contributed by atoms with van der Waals surface area (Å²) in [6.07, 6.45) is 1.79. The first-order chi connectivity index (χ1) is 9.97. The Labute approximate surface area is 138 Å². The zero-order valence-corrected chi connectivity index (χ0v) is 15.7. The van der Waals surface area contributed by atoms with Gasteiger partial charge in [-0.25, -0.2) is 8.78 Å². The van der Waals surface area contributed by atoms with Gasteiger partial charge in [0.25, 0.3) is 0 Å². The molecule has 0 aromatic heterocycles. The van der Waals surface area contributed by atoms with Crippen LogP contribution in [0.3, 0.4) is 0 Å². The zero-order valence-electron chi connectivity index (χ0n) is 14.9. The van der Waals surface area contributed by atoms with Gasteiger partial charge in [0.15, 0.2) is 0 Å². The van der Waals surface area contributed by atoms with Gasteiger partial charge in [-0.05, 0) is 51.7 Å². The first-order valence-corrected chi connectivity index (χ1v) is 9.24. The number of esters is 1. The minimum Gasteiger partial charge on any atom is -0.459 e. The number of carbonyl (C=O) groups is 1. The van der Waals surface area contributed by atoms with Crippen molar-refractivity contribution in [2.75, 3.05) is 5.75 Å². The number of alkyl halides is 2. The van der Waals surface area contributed by atoms with Crippen LogP contribution < -0.4 is 0 Å². The second-order valence-electron chi connectivity index (χ2n) is 7.19. The molecular weight excluding hydrogens is 306 g/mol. The van der Waals surface area contributed by atoms with Gasteiger partial charge in [-0.15, -0.1) is 11.8 Å². The molecule has 0 bridgehead atoms. The van der Waals surface area contributed by atoms with Crippen LogP contribution in [-0.2, 0) is 9.53 Å². The normalized spacial score (nSPS) is 14.2. The van der Waals surface area contributed by atoms with E-state index in [1.54, 1.807) is 0 Å². The largest absolute Gasteiger partial charge is 0.459 e. The van der Waals surface area contributed by atoms with Crippen molar-refractivity contribution >= 4 is 17.7 Å². The average Bonchev–Trinajstić information content (AvgIpc) is 2.34. The standard InChI is InChI=1S/C17H32F2O2S/c1-7-17(18,19)10-8-9-11-22-14(12-13(2)3)15(20)21-16(4,5)6/h13-14H,7-12H2,1-6H3. The molecule has 5 heteroatoms. The number of halogens is 2. The summed E-state index contributed by atoms with van der Waals surface area (Å²) < 4.78 is 31.7. The van der Waals surface area contributed by atoms with Crippen LogP contribution in [0.15, 0.2) is 0 Å². The summed E-state index contributed by atoms with van der Waals surface area (Å²) in [7, 11) is 0. The highest BCUT2D eigenvalue weighted by molar-refractivity contribution is 8.00. The summed E-state index contributed by atoms with van der Waals surface area (Å²) in [5.41, 5.74) is -0.490. The second kappa shape index (κ2) is 9.74. The summed E-state index contributed by atoms with van der Waals surface area (Å²) in [5.74, 6) is -1.62. The van der Waals surface area contributed by atoms with Crippen LogP contribution in [-0.4, -0.2) is 28.5 Å². The van der Waals surface area contributed by atoms with E-state index in [1.807, 2.05) is 20.8 Å². The van der Waals surface area contributed by atoms with Crippen LogP contribution in [0.5, 0.6) is 0 Å². The monoisotopic (exact) mass is 338 g/mol. The minimum atomic E-state index is -2.55. The van der Waals surface area contributed by atoms with Gasteiger partial charge < -0.3 is 4.74 Å². The Hall–Kier alpha value is -0.320. The van der Waals surface area contributed by atoms with Gasteiger partial charge in [-0.2, -0.15) is 0 Å². The van der Waals surface area contributed by atoms with Crippen molar-refractivity contribution in [3.05, 3.63) is 0 Å². The lowest BCUT2D eigenvalue weighted by Gasteiger charge is -2.24. The molecule has 2 nitrogen and oxygen atoms in total. The van der Waals surface area contributed by atoms with Crippen LogP contribution in [0.2, 0.25) is 0 Å². The Morgan fingerprint density at radius 3 is 2.23 bits per heavy atom. The van der Waals surface area contributed by atoms with Gasteiger partial charge in [0.2, 0.25) is 5.92 Å². The number of unbranched alkanes of at least 4 members (excludes halogenated alkanes) is 1. The predicted molar refractivity (Wildman–Crippen MR) is 90.6 cm³/mol. The Morgan fingerprint density at radius 2 is 1.77 bits per heavy atom. The van der Waals surface area contributed by atoms with E-state index in [1.165, 1.54) is 18.7 Å². The fourth-order valence-electron chi connectivity index (χ4n) is 1.92. The molecule has 22 heavy (non-hydrogen) atoms. The maximum Gasteiger partial charge on any atom is 0.319 e. The summed E-state index contributed by atoms with van der Waals surface area (Å²) >= 11 is 1.54. The average molecular weight is 339 g/mol. The van der Waals surface area contributed by atoms with E-state index in [0.29, 0.717) is 18.8 Å². The SMILES string of the molecule is CCC(F)(F)CCCCSC(CC(C)C)C(=O)OC(C)(C)C. The smallest absolute Gasteiger partial charge is 0.319 e. The molecule has 132 valence electrons. The predicted octanol–water partition coefficient (Wildman–Crippen LogP) is 5.69. The Balaban J connectivity index is 4.23. The molecule has 0 aromatic rings. The molecular formula is C17H32F2O2S. The van der Waals surface area contributed by atoms with Crippen molar-refractivity contribution in [1.29, 1.82) is 0 Å². The Morgan fingerprint density at radius 1 is 1.18 bits per heavy atom. The molecule has 0 saturated carbocycles. The van der Waals surface area contributed by atoms with E-state index in [2.05, 4.69) is 13.8 Å². The fourth-order valence-corrected chi connectivity index (χ4v) is 3.28. The van der Waals surface area contributed by atoms with Crippen molar-refractivity contribution in [2.45, 2.75) is 90.4 Å². The van der Waals surface area contributed by atoms with Crippen LogP contribution in [0.4, 0.5) is 8.78 Å². The first-order valence-electron chi connectivity index (χ1n) is 8.19. The quantitative estimate of drug-likeness (QED) is 0.378. The lowest BCUT2D eigenvalue weighted by Crippen LogP contribution is -2.31. The number of rotatable bonds is 10. The van der Waals surface area contributed by atoms with E-state index in [0.717, 1.165) is 12.2 Å². The maximum absolute atomic E-state index is 13.1. The third-order valence-electron chi connectivity index (χ3n) is 3.13. The lowest BCUT2D eigenvalue weighted by atomic mass is 10.1. The molecule has 0 fully saturated rings. The van der Waals surface area contributed by atoms with Gasteiger partial charge in [0, 0.05) is 12.8 Å². The van der Waals surface area contributed by atoms with Gasteiger partial charge >= 0.3 is 5.97 Å². The van der Waals surface area contributed by atoms with E-state index in [9.17, 15) is 13.6 Å². The molecule has 0 aliphatic rings. The molecule has 0 heterocycles. The molecule has 0 aromatic carbocycles. The van der Waals surface area contributed by atoms with Crippen LogP contribution in [0.25, 0.3) is 0 Å². The summed E-state index contributed by atoms with van der Waals surface area (Å²) in [4.78, 5) is 12.2. The minimum absolute atomic E-state index is 0.0641. The van der Waals surface area contributed by atoms with Crippen molar-refractivity contribution in [3.8, 4) is 0 Å². The number of hydrogen-bond donors (Lipinski definition) is 0. The number of hydrogen-bond acceptors (Lipinski definition) is 3. The lowest BCUT2D eigenvalue weighted by molar-refractivity contribution is -0.154. The van der Waals surface area contributed by atoms with Crippen molar-refractivity contribution in [2.24, 2.45) is 5.92 Å². The maximum atomic E-state index is 13.1. The van der Waals surface area contributed by atoms with E-state index >= 15 is 0 Å². The van der Waals surface area contributed by atoms with Crippen molar-refractivity contribution in [1.82, 2.24) is 0 Å². The summed E-state index contributed by atoms with van der Waals surface area (Å²) in [6, 6.07) is 0. The molecule has 0 spiro atoms. The highest BCUT2D eigenvalue weighted by Crippen LogP contribution is 2.27. The molecule has 0 radical (unpaired) electrons. The first kappa shape index (κ1) is 21.7. The van der Waals surface area contributed by atoms with Crippen LogP contribution in [0, 0.1) is 5.92 Å². The molecule has 0 saturated heterocycles. The summed E-state index contributed by atoms with van der Waals surface area (Å²) in [5, 5.41) is -0.203. The highest BCUT2D eigenvalue weighted by Gasteiger charge is 2.27. The van der Waals surface area contributed by atoms with Gasteiger partial charge in [-0.3, -0.25) is 4.79 Å². The van der Waals surface area contributed by atoms with Crippen LogP contribution in [0.1, 0.15) is 73.6 Å².